The Morgan fingerprint density at radius 2 is 1.97 bits per heavy atom. The number of ether oxygens (including phenoxy) is 1. The summed E-state index contributed by atoms with van der Waals surface area (Å²) in [7, 11) is -2.21. The Labute approximate surface area is 173 Å². The molecule has 8 nitrogen and oxygen atoms in total. The topological polar surface area (TPSA) is 96.0 Å². The average Bonchev–Trinajstić information content (AvgIpc) is 3.07. The number of anilines is 1. The van der Waals surface area contributed by atoms with Crippen LogP contribution in [0.2, 0.25) is 0 Å². The third-order valence-corrected chi connectivity index (χ3v) is 7.18. The highest BCUT2D eigenvalue weighted by atomic mass is 32.2. The van der Waals surface area contributed by atoms with Crippen LogP contribution in [0.15, 0.2) is 23.1 Å². The summed E-state index contributed by atoms with van der Waals surface area (Å²) in [4.78, 5) is 26.7. The molecule has 1 aliphatic rings. The van der Waals surface area contributed by atoms with E-state index in [0.29, 0.717) is 31.9 Å². The second kappa shape index (κ2) is 10.1. The summed E-state index contributed by atoms with van der Waals surface area (Å²) in [5, 5.41) is 2.76. The average molecular weight is 426 g/mol. The van der Waals surface area contributed by atoms with E-state index in [1.807, 2.05) is 0 Å². The van der Waals surface area contributed by atoms with Crippen molar-refractivity contribution in [2.75, 3.05) is 38.6 Å². The first-order chi connectivity index (χ1) is 13.8. The fourth-order valence-corrected chi connectivity index (χ4v) is 4.89. The van der Waals surface area contributed by atoms with Crippen LogP contribution in [-0.2, 0) is 19.6 Å². The summed E-state index contributed by atoms with van der Waals surface area (Å²) >= 11 is 0. The van der Waals surface area contributed by atoms with Crippen LogP contribution in [-0.4, -0.2) is 62.7 Å². The van der Waals surface area contributed by atoms with E-state index >= 15 is 0 Å². The SMILES string of the molecule is CCCCN1C[C@@H](C(=O)Nc2cc(S(=O)(=O)N(CC)CC)ccc2OC)CC1=O. The van der Waals surface area contributed by atoms with Gasteiger partial charge in [0.2, 0.25) is 21.8 Å². The number of unbranched alkanes of at least 4 members (excludes halogenated alkanes) is 1. The van der Waals surface area contributed by atoms with Crippen molar-refractivity contribution in [1.29, 1.82) is 0 Å². The van der Waals surface area contributed by atoms with Crippen molar-refractivity contribution in [2.24, 2.45) is 5.92 Å². The van der Waals surface area contributed by atoms with Crippen molar-refractivity contribution in [1.82, 2.24) is 9.21 Å². The number of carbonyl (C=O) groups is 2. The number of likely N-dealkylation sites (tertiary alicyclic amines) is 1. The molecule has 0 bridgehead atoms. The first-order valence-corrected chi connectivity index (χ1v) is 11.5. The Kier molecular flexibility index (Phi) is 8.04. The Hall–Kier alpha value is -2.13. The van der Waals surface area contributed by atoms with Gasteiger partial charge in [-0.25, -0.2) is 8.42 Å². The van der Waals surface area contributed by atoms with Gasteiger partial charge in [-0.1, -0.05) is 27.2 Å². The van der Waals surface area contributed by atoms with Crippen molar-refractivity contribution >= 4 is 27.5 Å². The molecule has 1 aliphatic heterocycles. The minimum Gasteiger partial charge on any atom is -0.495 e. The zero-order chi connectivity index (χ0) is 21.6. The third-order valence-electron chi connectivity index (χ3n) is 5.14. The molecule has 2 amide bonds. The molecular weight excluding hydrogens is 394 g/mol. The molecule has 1 aromatic carbocycles. The number of methoxy groups -OCH3 is 1. The molecule has 1 saturated heterocycles. The summed E-state index contributed by atoms with van der Waals surface area (Å²) in [6, 6.07) is 4.41. The molecule has 1 atom stereocenters. The van der Waals surface area contributed by atoms with Crippen LogP contribution in [0.1, 0.15) is 40.0 Å². The summed E-state index contributed by atoms with van der Waals surface area (Å²) in [5.74, 6) is -0.437. The lowest BCUT2D eigenvalue weighted by Gasteiger charge is -2.20. The summed E-state index contributed by atoms with van der Waals surface area (Å²) in [5.41, 5.74) is 0.283. The van der Waals surface area contributed by atoms with E-state index in [1.54, 1.807) is 18.7 Å². The maximum absolute atomic E-state index is 12.8. The van der Waals surface area contributed by atoms with Gasteiger partial charge < -0.3 is 15.0 Å². The van der Waals surface area contributed by atoms with Gasteiger partial charge in [-0.2, -0.15) is 4.31 Å². The van der Waals surface area contributed by atoms with Gasteiger partial charge in [-0.15, -0.1) is 0 Å². The molecule has 0 radical (unpaired) electrons. The zero-order valence-corrected chi connectivity index (χ0v) is 18.4. The Bertz CT molecular complexity index is 837. The van der Waals surface area contributed by atoms with Crippen molar-refractivity contribution in [3.8, 4) is 5.75 Å². The highest BCUT2D eigenvalue weighted by Gasteiger charge is 2.34. The van der Waals surface area contributed by atoms with Crippen LogP contribution in [0.5, 0.6) is 5.75 Å². The number of nitrogens with zero attached hydrogens (tertiary/aromatic N) is 2. The Balaban J connectivity index is 2.21. The molecule has 0 spiro atoms. The van der Waals surface area contributed by atoms with Gasteiger partial charge in [0.1, 0.15) is 5.75 Å². The first kappa shape index (κ1) is 23.2. The van der Waals surface area contributed by atoms with E-state index in [9.17, 15) is 18.0 Å². The highest BCUT2D eigenvalue weighted by molar-refractivity contribution is 7.89. The number of hydrogen-bond donors (Lipinski definition) is 1. The van der Waals surface area contributed by atoms with Crippen LogP contribution in [0.4, 0.5) is 5.69 Å². The molecule has 0 saturated carbocycles. The number of rotatable bonds is 10. The minimum atomic E-state index is -3.67. The van der Waals surface area contributed by atoms with E-state index in [-0.39, 0.29) is 28.8 Å². The smallest absolute Gasteiger partial charge is 0.243 e. The van der Waals surface area contributed by atoms with Crippen LogP contribution >= 0.6 is 0 Å². The lowest BCUT2D eigenvalue weighted by molar-refractivity contribution is -0.128. The van der Waals surface area contributed by atoms with E-state index in [4.69, 9.17) is 4.74 Å². The summed E-state index contributed by atoms with van der Waals surface area (Å²) in [6.45, 7) is 7.33. The van der Waals surface area contributed by atoms with Crippen LogP contribution in [0.25, 0.3) is 0 Å². The van der Waals surface area contributed by atoms with E-state index in [1.165, 1.54) is 29.6 Å². The summed E-state index contributed by atoms with van der Waals surface area (Å²) < 4.78 is 32.2. The monoisotopic (exact) mass is 425 g/mol. The largest absolute Gasteiger partial charge is 0.495 e. The molecule has 0 aliphatic carbocycles. The van der Waals surface area contributed by atoms with Gasteiger partial charge in [-0.3, -0.25) is 9.59 Å². The molecular formula is C20H31N3O5S. The number of sulfonamides is 1. The highest BCUT2D eigenvalue weighted by Crippen LogP contribution is 2.30. The van der Waals surface area contributed by atoms with Crippen LogP contribution < -0.4 is 10.1 Å². The quantitative estimate of drug-likeness (QED) is 0.621. The van der Waals surface area contributed by atoms with Gasteiger partial charge >= 0.3 is 0 Å². The Morgan fingerprint density at radius 3 is 2.55 bits per heavy atom. The van der Waals surface area contributed by atoms with Crippen molar-refractivity contribution in [2.45, 2.75) is 44.9 Å². The van der Waals surface area contributed by atoms with Gasteiger partial charge in [-0.05, 0) is 24.6 Å². The fraction of sp³-hybridized carbons (Fsp3) is 0.600. The van der Waals surface area contributed by atoms with E-state index < -0.39 is 15.9 Å². The molecule has 1 heterocycles. The predicted octanol–water partition coefficient (Wildman–Crippen LogP) is 2.31. The van der Waals surface area contributed by atoms with Gasteiger partial charge in [0.05, 0.1) is 23.6 Å². The minimum absolute atomic E-state index is 0.0246. The number of carbonyl (C=O) groups excluding carboxylic acids is 2. The lowest BCUT2D eigenvalue weighted by Crippen LogP contribution is -2.31. The van der Waals surface area contributed by atoms with Gasteiger partial charge in [0.25, 0.3) is 0 Å². The lowest BCUT2D eigenvalue weighted by atomic mass is 10.1. The van der Waals surface area contributed by atoms with Crippen LogP contribution in [0.3, 0.4) is 0 Å². The maximum atomic E-state index is 12.8. The van der Waals surface area contributed by atoms with Gasteiger partial charge in [0, 0.05) is 32.6 Å². The zero-order valence-electron chi connectivity index (χ0n) is 17.6. The predicted molar refractivity (Wildman–Crippen MR) is 111 cm³/mol. The standard InChI is InChI=1S/C20H31N3O5S/c1-5-8-11-22-14-15(12-19(22)24)20(25)21-17-13-16(9-10-18(17)28-4)29(26,27)23(6-2)7-3/h9-10,13,15H,5-8,11-12,14H2,1-4H3,(H,21,25)/t15-/m0/s1. The van der Waals surface area contributed by atoms with Crippen LogP contribution in [0, 0.1) is 5.92 Å². The van der Waals surface area contributed by atoms with Gasteiger partial charge in [0.15, 0.2) is 0 Å². The molecule has 162 valence electrons. The Morgan fingerprint density at radius 1 is 1.28 bits per heavy atom. The molecule has 0 unspecified atom stereocenters. The fourth-order valence-electron chi connectivity index (χ4n) is 3.41. The second-order valence-electron chi connectivity index (χ2n) is 7.04. The van der Waals surface area contributed by atoms with Crippen molar-refractivity contribution in [3.05, 3.63) is 18.2 Å². The molecule has 0 aromatic heterocycles. The number of nitrogens with one attached hydrogen (secondary N) is 1. The molecule has 1 aromatic rings. The molecule has 2 rings (SSSR count). The number of hydrogen-bond acceptors (Lipinski definition) is 5. The van der Waals surface area contributed by atoms with Crippen molar-refractivity contribution in [3.63, 3.8) is 0 Å². The summed E-state index contributed by atoms with van der Waals surface area (Å²) in [6.07, 6.45) is 2.04. The number of amides is 2. The van der Waals surface area contributed by atoms with Crippen molar-refractivity contribution < 1.29 is 22.7 Å². The molecule has 9 heteroatoms. The maximum Gasteiger partial charge on any atom is 0.243 e. The molecule has 1 N–H and O–H groups in total. The number of benzene rings is 1. The van der Waals surface area contributed by atoms with E-state index in [2.05, 4.69) is 12.2 Å². The first-order valence-electron chi connectivity index (χ1n) is 10.0. The second-order valence-corrected chi connectivity index (χ2v) is 8.97. The normalized spacial score (nSPS) is 17.1. The molecule has 1 fully saturated rings. The van der Waals surface area contributed by atoms with E-state index in [0.717, 1.165) is 12.8 Å². The third kappa shape index (κ3) is 5.27. The molecule has 29 heavy (non-hydrogen) atoms.